The summed E-state index contributed by atoms with van der Waals surface area (Å²) in [7, 11) is 1.81. The number of hydrazine groups is 1. The highest BCUT2D eigenvalue weighted by Crippen LogP contribution is 2.33. The highest BCUT2D eigenvalue weighted by molar-refractivity contribution is 5.93. The number of ether oxygens (including phenoxy) is 1. The fourth-order valence-electron chi connectivity index (χ4n) is 5.73. The van der Waals surface area contributed by atoms with Crippen LogP contribution in [-0.2, 0) is 14.3 Å². The molecule has 2 aromatic rings. The van der Waals surface area contributed by atoms with Crippen molar-refractivity contribution in [3.05, 3.63) is 61.0 Å². The zero-order valence-electron chi connectivity index (χ0n) is 25.0. The molecule has 1 radical (unpaired) electrons. The minimum atomic E-state index is -0.462. The van der Waals surface area contributed by atoms with Gasteiger partial charge in [0.15, 0.2) is 0 Å². The fourth-order valence-corrected chi connectivity index (χ4v) is 5.73. The van der Waals surface area contributed by atoms with Crippen LogP contribution in [0.3, 0.4) is 0 Å². The Labute approximate surface area is 250 Å². The maximum atomic E-state index is 13.5. The molecule has 9 heteroatoms. The van der Waals surface area contributed by atoms with Crippen molar-refractivity contribution < 1.29 is 19.1 Å². The van der Waals surface area contributed by atoms with Crippen molar-refractivity contribution in [3.63, 3.8) is 0 Å². The number of rotatable bonds is 13. The van der Waals surface area contributed by atoms with Gasteiger partial charge in [0.05, 0.1) is 12.1 Å². The SMILES string of the molecule is CN(CCCCCN1CCC(C(N)=O)CC1)C(=O)CCOC(=O)N(c1ccccc1-c1ccccc1)N1CC[CH]CC1. The number of primary amides is 1. The van der Waals surface area contributed by atoms with Gasteiger partial charge in [0.1, 0.15) is 6.61 Å². The van der Waals surface area contributed by atoms with Gasteiger partial charge in [0, 0.05) is 38.2 Å². The molecule has 4 rings (SSSR count). The molecule has 0 aliphatic carbocycles. The standard InChI is InChI=1S/C33H46N5O4/c1-35(20-9-3-10-21-36-24-17-28(18-25-36)32(34)40)31(39)19-26-42-33(41)38(37-22-11-4-12-23-37)30-16-8-7-15-29(30)27-13-5-2-6-14-27/h2,4-8,13-16,28H,3,9-12,17-26H2,1H3,(H2,34,40). The van der Waals surface area contributed by atoms with Crippen molar-refractivity contribution in [1.29, 1.82) is 0 Å². The average Bonchev–Trinajstić information content (AvgIpc) is 3.02. The molecule has 3 amide bonds. The van der Waals surface area contributed by atoms with Crippen LogP contribution in [0.15, 0.2) is 54.6 Å². The number of hydrogen-bond acceptors (Lipinski definition) is 6. The van der Waals surface area contributed by atoms with E-state index in [1.165, 1.54) is 0 Å². The quantitative estimate of drug-likeness (QED) is 0.346. The first-order valence-electron chi connectivity index (χ1n) is 15.4. The van der Waals surface area contributed by atoms with E-state index in [-0.39, 0.29) is 30.8 Å². The zero-order chi connectivity index (χ0) is 29.7. The molecule has 42 heavy (non-hydrogen) atoms. The number of amides is 3. The Bertz CT molecular complexity index is 1150. The molecule has 2 fully saturated rings. The van der Waals surface area contributed by atoms with Crippen LogP contribution < -0.4 is 10.7 Å². The normalized spacial score (nSPS) is 16.6. The second kappa shape index (κ2) is 16.3. The summed E-state index contributed by atoms with van der Waals surface area (Å²) >= 11 is 0. The van der Waals surface area contributed by atoms with E-state index < -0.39 is 6.09 Å². The van der Waals surface area contributed by atoms with E-state index in [4.69, 9.17) is 10.5 Å². The third-order valence-corrected chi connectivity index (χ3v) is 8.28. The smallest absolute Gasteiger partial charge is 0.429 e. The first-order valence-corrected chi connectivity index (χ1v) is 15.4. The third kappa shape index (κ3) is 9.03. The zero-order valence-corrected chi connectivity index (χ0v) is 25.0. The predicted octanol–water partition coefficient (Wildman–Crippen LogP) is 4.73. The molecular weight excluding hydrogens is 530 g/mol. The van der Waals surface area contributed by atoms with Crippen LogP contribution in [0.25, 0.3) is 11.1 Å². The molecule has 2 aromatic carbocycles. The van der Waals surface area contributed by atoms with Gasteiger partial charge in [-0.1, -0.05) is 55.0 Å². The number of nitrogens with two attached hydrogens (primary N) is 1. The maximum Gasteiger partial charge on any atom is 0.429 e. The first-order chi connectivity index (χ1) is 20.4. The van der Waals surface area contributed by atoms with Crippen LogP contribution in [0.1, 0.15) is 51.4 Å². The molecule has 2 aliphatic rings. The maximum absolute atomic E-state index is 13.5. The number of unbranched alkanes of at least 4 members (excludes halogenated alkanes) is 2. The number of nitrogens with zero attached hydrogens (tertiary/aromatic N) is 4. The van der Waals surface area contributed by atoms with Gasteiger partial charge in [0.2, 0.25) is 11.8 Å². The molecule has 0 spiro atoms. The number of hydrogen-bond donors (Lipinski definition) is 1. The van der Waals surface area contributed by atoms with E-state index in [1.807, 2.05) is 66.7 Å². The van der Waals surface area contributed by atoms with E-state index in [9.17, 15) is 14.4 Å². The lowest BCUT2D eigenvalue weighted by Gasteiger charge is -2.37. The molecule has 0 aromatic heterocycles. The summed E-state index contributed by atoms with van der Waals surface area (Å²) in [6, 6.07) is 17.9. The van der Waals surface area contributed by atoms with Gasteiger partial charge in [-0.15, -0.1) is 0 Å². The molecule has 2 N–H and O–H groups in total. The average molecular weight is 577 g/mol. The number of benzene rings is 2. The number of anilines is 1. The van der Waals surface area contributed by atoms with Crippen molar-refractivity contribution in [1.82, 2.24) is 14.8 Å². The second-order valence-electron chi connectivity index (χ2n) is 11.3. The van der Waals surface area contributed by atoms with Crippen LogP contribution in [0, 0.1) is 12.3 Å². The Kier molecular flexibility index (Phi) is 12.2. The highest BCUT2D eigenvalue weighted by Gasteiger charge is 2.29. The highest BCUT2D eigenvalue weighted by atomic mass is 16.6. The Balaban J connectivity index is 1.23. The summed E-state index contributed by atoms with van der Waals surface area (Å²) in [5.41, 5.74) is 8.18. The van der Waals surface area contributed by atoms with Crippen LogP contribution in [0.2, 0.25) is 0 Å². The van der Waals surface area contributed by atoms with E-state index in [0.717, 1.165) is 94.5 Å². The van der Waals surface area contributed by atoms with Crippen LogP contribution >= 0.6 is 0 Å². The summed E-state index contributed by atoms with van der Waals surface area (Å²) in [6.07, 6.45) is 8.45. The van der Waals surface area contributed by atoms with Crippen LogP contribution in [0.5, 0.6) is 0 Å². The molecule has 0 unspecified atom stereocenters. The van der Waals surface area contributed by atoms with Gasteiger partial charge in [-0.3, -0.25) is 9.59 Å². The number of likely N-dealkylation sites (tertiary alicyclic amines) is 1. The van der Waals surface area contributed by atoms with Crippen molar-refractivity contribution in [2.45, 2.75) is 51.4 Å². The molecular formula is C33H46N5O4. The van der Waals surface area contributed by atoms with Crippen molar-refractivity contribution in [2.75, 3.05) is 57.9 Å². The fraction of sp³-hybridized carbons (Fsp3) is 0.515. The summed E-state index contributed by atoms with van der Waals surface area (Å²) in [5, 5.41) is 3.69. The topological polar surface area (TPSA) is 99.4 Å². The molecule has 0 atom stereocenters. The van der Waals surface area contributed by atoms with E-state index >= 15 is 0 Å². The van der Waals surface area contributed by atoms with Crippen LogP contribution in [-0.4, -0.2) is 85.6 Å². The Morgan fingerprint density at radius 2 is 1.60 bits per heavy atom. The van der Waals surface area contributed by atoms with E-state index in [2.05, 4.69) is 11.3 Å². The van der Waals surface area contributed by atoms with Gasteiger partial charge >= 0.3 is 6.09 Å². The van der Waals surface area contributed by atoms with Crippen molar-refractivity contribution in [2.24, 2.45) is 11.7 Å². The molecule has 9 nitrogen and oxygen atoms in total. The third-order valence-electron chi connectivity index (χ3n) is 8.28. The summed E-state index contributed by atoms with van der Waals surface area (Å²) in [5.74, 6) is -0.180. The van der Waals surface area contributed by atoms with E-state index in [0.29, 0.717) is 6.54 Å². The minimum absolute atomic E-state index is 0.0248. The Morgan fingerprint density at radius 3 is 2.31 bits per heavy atom. The molecule has 2 aliphatic heterocycles. The van der Waals surface area contributed by atoms with Crippen LogP contribution in [0.4, 0.5) is 10.5 Å². The second-order valence-corrected chi connectivity index (χ2v) is 11.3. The molecule has 2 heterocycles. The van der Waals surface area contributed by atoms with Gasteiger partial charge in [-0.25, -0.2) is 14.8 Å². The van der Waals surface area contributed by atoms with E-state index in [1.54, 1.807) is 9.91 Å². The van der Waals surface area contributed by atoms with Gasteiger partial charge < -0.3 is 20.3 Å². The molecule has 0 saturated carbocycles. The van der Waals surface area contributed by atoms with Gasteiger partial charge in [0.25, 0.3) is 0 Å². The first kappa shape index (κ1) is 31.5. The summed E-state index contributed by atoms with van der Waals surface area (Å²) in [4.78, 5) is 41.7. The Morgan fingerprint density at radius 1 is 0.905 bits per heavy atom. The lowest BCUT2D eigenvalue weighted by atomic mass is 9.96. The summed E-state index contributed by atoms with van der Waals surface area (Å²) in [6.45, 7) is 5.03. The Hall–Kier alpha value is -3.43. The monoisotopic (exact) mass is 576 g/mol. The van der Waals surface area contributed by atoms with Crippen molar-refractivity contribution >= 4 is 23.6 Å². The number of carbonyl (C=O) groups excluding carboxylic acids is 3. The van der Waals surface area contributed by atoms with Crippen molar-refractivity contribution in [3.8, 4) is 11.1 Å². The number of carbonyl (C=O) groups is 3. The van der Waals surface area contributed by atoms with Gasteiger partial charge in [-0.2, -0.15) is 0 Å². The molecule has 2 saturated heterocycles. The van der Waals surface area contributed by atoms with Gasteiger partial charge in [-0.05, 0) is 76.2 Å². The lowest BCUT2D eigenvalue weighted by molar-refractivity contribution is -0.130. The number of piperidine rings is 2. The lowest BCUT2D eigenvalue weighted by Crippen LogP contribution is -2.50. The predicted molar refractivity (Wildman–Crippen MR) is 165 cm³/mol. The molecule has 0 bridgehead atoms. The largest absolute Gasteiger partial charge is 0.448 e. The number of para-hydroxylation sites is 1. The minimum Gasteiger partial charge on any atom is -0.448 e. The molecule has 227 valence electrons. The summed E-state index contributed by atoms with van der Waals surface area (Å²) < 4.78 is 5.71.